The third-order valence-corrected chi connectivity index (χ3v) is 5.59. The van der Waals surface area contributed by atoms with E-state index < -0.39 is 0 Å². The molecule has 0 radical (unpaired) electrons. The topological polar surface area (TPSA) is 49.9 Å². The molecule has 2 amide bonds. The lowest BCUT2D eigenvalue weighted by atomic mass is 10.1. The Morgan fingerprint density at radius 3 is 1.93 bits per heavy atom. The molecule has 2 aromatic rings. The first-order valence-corrected chi connectivity index (χ1v) is 10.1. The van der Waals surface area contributed by atoms with Gasteiger partial charge in [0.1, 0.15) is 5.75 Å². The van der Waals surface area contributed by atoms with Crippen LogP contribution >= 0.6 is 11.8 Å². The fourth-order valence-corrected chi connectivity index (χ4v) is 3.57. The second-order valence-corrected chi connectivity index (χ2v) is 7.38. The molecule has 0 unspecified atom stereocenters. The van der Waals surface area contributed by atoms with Gasteiger partial charge in [-0.2, -0.15) is 0 Å². The van der Waals surface area contributed by atoms with Crippen LogP contribution in [-0.2, 0) is 0 Å². The molecule has 27 heavy (non-hydrogen) atoms. The van der Waals surface area contributed by atoms with Gasteiger partial charge in [0.15, 0.2) is 0 Å². The standard InChI is InChI=1S/C21H24N2O3S/c1-15-4-5-17(14-19(15)26-2)21(25)23-12-10-22(11-13-23)20(24)16-6-8-18(27-3)9-7-16/h4-9,14H,10-13H2,1-3H3. The Balaban J connectivity index is 1.62. The van der Waals surface area contributed by atoms with Crippen molar-refractivity contribution in [1.29, 1.82) is 0 Å². The number of hydrogen-bond acceptors (Lipinski definition) is 4. The molecule has 1 aliphatic heterocycles. The fourth-order valence-electron chi connectivity index (χ4n) is 3.16. The molecule has 1 aliphatic rings. The average Bonchev–Trinajstić information content (AvgIpc) is 2.73. The first-order chi connectivity index (χ1) is 13.0. The highest BCUT2D eigenvalue weighted by Gasteiger charge is 2.25. The number of amides is 2. The van der Waals surface area contributed by atoms with Crippen LogP contribution in [0.25, 0.3) is 0 Å². The summed E-state index contributed by atoms with van der Waals surface area (Å²) in [6.45, 7) is 4.09. The van der Waals surface area contributed by atoms with E-state index in [1.165, 1.54) is 0 Å². The van der Waals surface area contributed by atoms with E-state index in [0.29, 0.717) is 43.1 Å². The van der Waals surface area contributed by atoms with Crippen molar-refractivity contribution in [2.75, 3.05) is 39.5 Å². The van der Waals surface area contributed by atoms with Crippen molar-refractivity contribution in [3.63, 3.8) is 0 Å². The first kappa shape index (κ1) is 19.3. The molecule has 0 N–H and O–H groups in total. The maximum atomic E-state index is 12.8. The number of rotatable bonds is 4. The highest BCUT2D eigenvalue weighted by molar-refractivity contribution is 7.98. The predicted octanol–water partition coefficient (Wildman–Crippen LogP) is 3.32. The fraction of sp³-hybridized carbons (Fsp3) is 0.333. The minimum absolute atomic E-state index is 0.0201. The van der Waals surface area contributed by atoms with Crippen LogP contribution in [0.2, 0.25) is 0 Å². The van der Waals surface area contributed by atoms with E-state index in [2.05, 4.69) is 0 Å². The lowest BCUT2D eigenvalue weighted by Gasteiger charge is -2.35. The summed E-state index contributed by atoms with van der Waals surface area (Å²) in [5.74, 6) is 0.708. The van der Waals surface area contributed by atoms with Gasteiger partial charge in [0.2, 0.25) is 0 Å². The molecule has 0 aromatic heterocycles. The van der Waals surface area contributed by atoms with Crippen LogP contribution in [0.15, 0.2) is 47.4 Å². The zero-order valence-electron chi connectivity index (χ0n) is 15.9. The number of methoxy groups -OCH3 is 1. The van der Waals surface area contributed by atoms with Gasteiger partial charge in [-0.25, -0.2) is 0 Å². The SMILES string of the molecule is COc1cc(C(=O)N2CCN(C(=O)c3ccc(SC)cc3)CC2)ccc1C. The van der Waals surface area contributed by atoms with Crippen molar-refractivity contribution in [1.82, 2.24) is 9.80 Å². The summed E-state index contributed by atoms with van der Waals surface area (Å²) in [4.78, 5) is 30.2. The van der Waals surface area contributed by atoms with E-state index in [-0.39, 0.29) is 11.8 Å². The number of nitrogens with zero attached hydrogens (tertiary/aromatic N) is 2. The summed E-state index contributed by atoms with van der Waals surface area (Å²) < 4.78 is 5.31. The lowest BCUT2D eigenvalue weighted by Crippen LogP contribution is -2.50. The van der Waals surface area contributed by atoms with Crippen LogP contribution in [-0.4, -0.2) is 61.2 Å². The van der Waals surface area contributed by atoms with Crippen molar-refractivity contribution in [2.24, 2.45) is 0 Å². The molecule has 6 heteroatoms. The number of carbonyl (C=O) groups excluding carboxylic acids is 2. The molecule has 0 atom stereocenters. The van der Waals surface area contributed by atoms with Crippen molar-refractivity contribution in [3.05, 3.63) is 59.2 Å². The van der Waals surface area contributed by atoms with E-state index in [1.807, 2.05) is 54.5 Å². The summed E-state index contributed by atoms with van der Waals surface area (Å²) in [7, 11) is 1.60. The summed E-state index contributed by atoms with van der Waals surface area (Å²) in [6.07, 6.45) is 2.01. The van der Waals surface area contributed by atoms with Crippen LogP contribution in [0.3, 0.4) is 0 Å². The number of thioether (sulfide) groups is 1. The third-order valence-electron chi connectivity index (χ3n) is 4.85. The quantitative estimate of drug-likeness (QED) is 0.759. The predicted molar refractivity (Wildman–Crippen MR) is 108 cm³/mol. The van der Waals surface area contributed by atoms with Crippen molar-refractivity contribution in [3.8, 4) is 5.75 Å². The minimum Gasteiger partial charge on any atom is -0.496 e. The van der Waals surface area contributed by atoms with Gasteiger partial charge in [-0.1, -0.05) is 6.07 Å². The van der Waals surface area contributed by atoms with Crippen LogP contribution in [0.1, 0.15) is 26.3 Å². The molecule has 3 rings (SSSR count). The Morgan fingerprint density at radius 2 is 1.41 bits per heavy atom. The summed E-state index contributed by atoms with van der Waals surface area (Å²) in [5, 5.41) is 0. The van der Waals surface area contributed by atoms with Gasteiger partial charge in [0, 0.05) is 42.2 Å². The van der Waals surface area contributed by atoms with Gasteiger partial charge in [0.05, 0.1) is 7.11 Å². The molecule has 1 fully saturated rings. The first-order valence-electron chi connectivity index (χ1n) is 8.90. The highest BCUT2D eigenvalue weighted by Crippen LogP contribution is 2.21. The molecule has 0 saturated carbocycles. The van der Waals surface area contributed by atoms with E-state index in [1.54, 1.807) is 29.8 Å². The van der Waals surface area contributed by atoms with E-state index in [4.69, 9.17) is 4.74 Å². The van der Waals surface area contributed by atoms with Crippen molar-refractivity contribution in [2.45, 2.75) is 11.8 Å². The molecule has 0 spiro atoms. The zero-order chi connectivity index (χ0) is 19.4. The zero-order valence-corrected chi connectivity index (χ0v) is 16.7. The van der Waals surface area contributed by atoms with Crippen LogP contribution < -0.4 is 4.74 Å². The summed E-state index contributed by atoms with van der Waals surface area (Å²) in [5.41, 5.74) is 2.30. The smallest absolute Gasteiger partial charge is 0.254 e. The number of benzene rings is 2. The minimum atomic E-state index is -0.0234. The lowest BCUT2D eigenvalue weighted by molar-refractivity contribution is 0.0535. The number of carbonyl (C=O) groups is 2. The Hall–Kier alpha value is -2.47. The van der Waals surface area contributed by atoms with Gasteiger partial charge in [0.25, 0.3) is 11.8 Å². The summed E-state index contributed by atoms with van der Waals surface area (Å²) in [6, 6.07) is 13.1. The van der Waals surface area contributed by atoms with Crippen LogP contribution in [0.4, 0.5) is 0 Å². The molecule has 2 aromatic carbocycles. The average molecular weight is 385 g/mol. The second kappa shape index (κ2) is 8.48. The summed E-state index contributed by atoms with van der Waals surface area (Å²) >= 11 is 1.65. The molecular formula is C21H24N2O3S. The number of ether oxygens (including phenoxy) is 1. The van der Waals surface area contributed by atoms with Crippen molar-refractivity contribution >= 4 is 23.6 Å². The van der Waals surface area contributed by atoms with Crippen LogP contribution in [0, 0.1) is 6.92 Å². The number of aryl methyl sites for hydroxylation is 1. The Morgan fingerprint density at radius 1 is 0.889 bits per heavy atom. The number of piperazine rings is 1. The van der Waals surface area contributed by atoms with Gasteiger partial charge >= 0.3 is 0 Å². The third kappa shape index (κ3) is 4.27. The molecular weight excluding hydrogens is 360 g/mol. The monoisotopic (exact) mass is 384 g/mol. The maximum Gasteiger partial charge on any atom is 0.254 e. The molecule has 0 bridgehead atoms. The largest absolute Gasteiger partial charge is 0.496 e. The van der Waals surface area contributed by atoms with E-state index in [9.17, 15) is 9.59 Å². The molecule has 5 nitrogen and oxygen atoms in total. The van der Waals surface area contributed by atoms with Gasteiger partial charge in [-0.3, -0.25) is 9.59 Å². The molecule has 1 saturated heterocycles. The maximum absolute atomic E-state index is 12.8. The van der Waals surface area contributed by atoms with Crippen molar-refractivity contribution < 1.29 is 14.3 Å². The number of hydrogen-bond donors (Lipinski definition) is 0. The second-order valence-electron chi connectivity index (χ2n) is 6.50. The van der Waals surface area contributed by atoms with Gasteiger partial charge in [-0.15, -0.1) is 11.8 Å². The van der Waals surface area contributed by atoms with Gasteiger partial charge in [-0.05, 0) is 55.1 Å². The molecule has 0 aliphatic carbocycles. The van der Waals surface area contributed by atoms with Gasteiger partial charge < -0.3 is 14.5 Å². The normalized spacial score (nSPS) is 14.2. The molecule has 142 valence electrons. The Kier molecular flexibility index (Phi) is 6.06. The van der Waals surface area contributed by atoms with E-state index >= 15 is 0 Å². The van der Waals surface area contributed by atoms with Crippen LogP contribution in [0.5, 0.6) is 5.75 Å². The highest BCUT2D eigenvalue weighted by atomic mass is 32.2. The Labute approximate surface area is 164 Å². The molecule has 1 heterocycles. The van der Waals surface area contributed by atoms with E-state index in [0.717, 1.165) is 10.5 Å². The Bertz CT molecular complexity index is 828.